The van der Waals surface area contributed by atoms with Gasteiger partial charge in [0, 0.05) is 18.0 Å². The Morgan fingerprint density at radius 2 is 2.00 bits per heavy atom. The molecule has 6 heteroatoms. The van der Waals surface area contributed by atoms with Gasteiger partial charge in [-0.3, -0.25) is 4.40 Å². The SMILES string of the molecule is COc1ccc(-c2cnc3c(OC)nccn23)cc1F. The lowest BCUT2D eigenvalue weighted by atomic mass is 10.1. The van der Waals surface area contributed by atoms with E-state index in [1.807, 2.05) is 0 Å². The van der Waals surface area contributed by atoms with Crippen LogP contribution in [0.2, 0.25) is 0 Å². The number of fused-ring (bicyclic) bond motifs is 1. The van der Waals surface area contributed by atoms with E-state index >= 15 is 0 Å². The van der Waals surface area contributed by atoms with Crippen molar-refractivity contribution in [3.63, 3.8) is 0 Å². The first-order chi connectivity index (χ1) is 9.74. The lowest BCUT2D eigenvalue weighted by Gasteiger charge is -2.06. The molecule has 1 aromatic carbocycles. The maximum absolute atomic E-state index is 13.8. The predicted molar refractivity (Wildman–Crippen MR) is 71.5 cm³/mol. The summed E-state index contributed by atoms with van der Waals surface area (Å²) in [7, 11) is 2.96. The molecule has 0 fully saturated rings. The van der Waals surface area contributed by atoms with Crippen LogP contribution in [-0.2, 0) is 0 Å². The van der Waals surface area contributed by atoms with E-state index in [0.717, 1.165) is 5.69 Å². The molecule has 3 aromatic rings. The zero-order valence-electron chi connectivity index (χ0n) is 11.0. The van der Waals surface area contributed by atoms with Crippen molar-refractivity contribution in [3.8, 4) is 22.9 Å². The monoisotopic (exact) mass is 273 g/mol. The van der Waals surface area contributed by atoms with Crippen LogP contribution in [0.1, 0.15) is 0 Å². The van der Waals surface area contributed by atoms with Crippen LogP contribution in [0.25, 0.3) is 16.9 Å². The van der Waals surface area contributed by atoms with Gasteiger partial charge in [-0.2, -0.15) is 0 Å². The van der Waals surface area contributed by atoms with Crippen LogP contribution in [0.4, 0.5) is 4.39 Å². The molecule has 0 atom stereocenters. The molecule has 0 radical (unpaired) electrons. The Labute approximate surface area is 114 Å². The van der Waals surface area contributed by atoms with E-state index in [1.165, 1.54) is 20.3 Å². The van der Waals surface area contributed by atoms with E-state index in [-0.39, 0.29) is 5.75 Å². The van der Waals surface area contributed by atoms with Gasteiger partial charge in [-0.1, -0.05) is 0 Å². The second kappa shape index (κ2) is 4.80. The standard InChI is InChI=1S/C14H12FN3O2/c1-19-12-4-3-9(7-10(12)15)11-8-17-13-14(20-2)16-5-6-18(11)13/h3-8H,1-2H3. The van der Waals surface area contributed by atoms with Gasteiger partial charge in [-0.05, 0) is 18.2 Å². The third-order valence-corrected chi connectivity index (χ3v) is 3.04. The molecule has 102 valence electrons. The third kappa shape index (κ3) is 1.85. The highest BCUT2D eigenvalue weighted by Crippen LogP contribution is 2.27. The van der Waals surface area contributed by atoms with Crippen LogP contribution >= 0.6 is 0 Å². The number of rotatable bonds is 3. The van der Waals surface area contributed by atoms with Crippen molar-refractivity contribution in [3.05, 3.63) is 42.6 Å². The van der Waals surface area contributed by atoms with Crippen molar-refractivity contribution in [2.75, 3.05) is 14.2 Å². The molecule has 0 aliphatic heterocycles. The number of hydrogen-bond donors (Lipinski definition) is 0. The minimum atomic E-state index is -0.416. The lowest BCUT2D eigenvalue weighted by Crippen LogP contribution is -1.95. The molecule has 0 unspecified atom stereocenters. The van der Waals surface area contributed by atoms with E-state index < -0.39 is 5.82 Å². The molecule has 0 spiro atoms. The van der Waals surface area contributed by atoms with Gasteiger partial charge in [-0.25, -0.2) is 14.4 Å². The molecule has 20 heavy (non-hydrogen) atoms. The van der Waals surface area contributed by atoms with Gasteiger partial charge >= 0.3 is 0 Å². The second-order valence-corrected chi connectivity index (χ2v) is 4.12. The molecule has 0 N–H and O–H groups in total. The maximum Gasteiger partial charge on any atom is 0.258 e. The molecule has 0 amide bonds. The first-order valence-corrected chi connectivity index (χ1v) is 5.94. The Hall–Kier alpha value is -2.63. The summed E-state index contributed by atoms with van der Waals surface area (Å²) >= 11 is 0. The fourth-order valence-corrected chi connectivity index (χ4v) is 2.08. The summed E-state index contributed by atoms with van der Waals surface area (Å²) in [4.78, 5) is 8.34. The lowest BCUT2D eigenvalue weighted by molar-refractivity contribution is 0.386. The fraction of sp³-hybridized carbons (Fsp3) is 0.143. The molecular weight excluding hydrogens is 261 g/mol. The first-order valence-electron chi connectivity index (χ1n) is 5.94. The van der Waals surface area contributed by atoms with E-state index in [9.17, 15) is 4.39 Å². The van der Waals surface area contributed by atoms with Crippen molar-refractivity contribution < 1.29 is 13.9 Å². The van der Waals surface area contributed by atoms with Crippen LogP contribution < -0.4 is 9.47 Å². The molecular formula is C14H12FN3O2. The molecule has 3 rings (SSSR count). The zero-order valence-corrected chi connectivity index (χ0v) is 11.0. The van der Waals surface area contributed by atoms with Gasteiger partial charge in [0.1, 0.15) is 0 Å². The molecule has 2 heterocycles. The summed E-state index contributed by atoms with van der Waals surface area (Å²) in [5.74, 6) is 0.218. The van der Waals surface area contributed by atoms with Gasteiger partial charge in [0.2, 0.25) is 5.65 Å². The molecule has 0 saturated carbocycles. The van der Waals surface area contributed by atoms with Crippen LogP contribution in [0.3, 0.4) is 0 Å². The molecule has 0 aliphatic rings. The highest BCUT2D eigenvalue weighted by molar-refractivity contribution is 5.66. The summed E-state index contributed by atoms with van der Waals surface area (Å²) in [5.41, 5.74) is 2.03. The average Bonchev–Trinajstić information content (AvgIpc) is 2.91. The Balaban J connectivity index is 2.17. The normalized spacial score (nSPS) is 10.8. The molecule has 0 aliphatic carbocycles. The topological polar surface area (TPSA) is 48.7 Å². The summed E-state index contributed by atoms with van der Waals surface area (Å²) in [6, 6.07) is 4.77. The zero-order chi connectivity index (χ0) is 14.1. The van der Waals surface area contributed by atoms with Crippen molar-refractivity contribution in [1.82, 2.24) is 14.4 Å². The summed E-state index contributed by atoms with van der Waals surface area (Å²) < 4.78 is 25.7. The van der Waals surface area contributed by atoms with Crippen molar-refractivity contribution in [1.29, 1.82) is 0 Å². The highest BCUT2D eigenvalue weighted by atomic mass is 19.1. The first kappa shape index (κ1) is 12.4. The van der Waals surface area contributed by atoms with Gasteiger partial charge in [-0.15, -0.1) is 0 Å². The number of halogens is 1. The van der Waals surface area contributed by atoms with Crippen LogP contribution in [0, 0.1) is 5.82 Å². The van der Waals surface area contributed by atoms with Crippen molar-refractivity contribution in [2.24, 2.45) is 0 Å². The molecule has 0 bridgehead atoms. The van der Waals surface area contributed by atoms with Crippen LogP contribution in [0.5, 0.6) is 11.6 Å². The predicted octanol–water partition coefficient (Wildman–Crippen LogP) is 2.55. The number of ether oxygens (including phenoxy) is 2. The Morgan fingerprint density at radius 3 is 2.70 bits per heavy atom. The Bertz CT molecular complexity index is 770. The van der Waals surface area contributed by atoms with E-state index in [2.05, 4.69) is 9.97 Å². The minimum absolute atomic E-state index is 0.210. The van der Waals surface area contributed by atoms with Crippen molar-refractivity contribution in [2.45, 2.75) is 0 Å². The smallest absolute Gasteiger partial charge is 0.258 e. The second-order valence-electron chi connectivity index (χ2n) is 4.12. The van der Waals surface area contributed by atoms with Gasteiger partial charge in [0.05, 0.1) is 26.1 Å². The van der Waals surface area contributed by atoms with Gasteiger partial charge < -0.3 is 9.47 Å². The number of nitrogens with zero attached hydrogens (tertiary/aromatic N) is 3. The van der Waals surface area contributed by atoms with Gasteiger partial charge in [0.25, 0.3) is 5.88 Å². The average molecular weight is 273 g/mol. The highest BCUT2D eigenvalue weighted by Gasteiger charge is 2.12. The number of hydrogen-bond acceptors (Lipinski definition) is 4. The molecule has 5 nitrogen and oxygen atoms in total. The summed E-state index contributed by atoms with van der Waals surface area (Å²) in [6.45, 7) is 0. The number of methoxy groups -OCH3 is 2. The summed E-state index contributed by atoms with van der Waals surface area (Å²) in [6.07, 6.45) is 5.01. The largest absolute Gasteiger partial charge is 0.494 e. The molecule has 2 aromatic heterocycles. The van der Waals surface area contributed by atoms with Gasteiger partial charge in [0.15, 0.2) is 11.6 Å². The van der Waals surface area contributed by atoms with E-state index in [0.29, 0.717) is 17.1 Å². The maximum atomic E-state index is 13.8. The van der Waals surface area contributed by atoms with Crippen LogP contribution in [-0.4, -0.2) is 28.6 Å². The quantitative estimate of drug-likeness (QED) is 0.736. The molecule has 0 saturated heterocycles. The number of benzene rings is 1. The Morgan fingerprint density at radius 1 is 1.15 bits per heavy atom. The fourth-order valence-electron chi connectivity index (χ4n) is 2.08. The summed E-state index contributed by atoms with van der Waals surface area (Å²) in [5, 5.41) is 0. The number of aromatic nitrogens is 3. The minimum Gasteiger partial charge on any atom is -0.494 e. The van der Waals surface area contributed by atoms with E-state index in [1.54, 1.807) is 35.1 Å². The van der Waals surface area contributed by atoms with E-state index in [4.69, 9.17) is 9.47 Å². The Kier molecular flexibility index (Phi) is 2.98. The van der Waals surface area contributed by atoms with Crippen molar-refractivity contribution >= 4 is 5.65 Å². The number of imidazole rings is 1. The third-order valence-electron chi connectivity index (χ3n) is 3.04. The van der Waals surface area contributed by atoms with Crippen LogP contribution in [0.15, 0.2) is 36.8 Å².